The molecule has 0 saturated heterocycles. The molecule has 4 nitrogen and oxygen atoms in total. The molecule has 0 aromatic heterocycles. The van der Waals surface area contributed by atoms with Gasteiger partial charge in [-0.05, 0) is 57.8 Å². The van der Waals surface area contributed by atoms with E-state index in [1.807, 2.05) is 6.08 Å². The molecule has 0 aliphatic carbocycles. The summed E-state index contributed by atoms with van der Waals surface area (Å²) >= 11 is 0. The Kier molecular flexibility index (Phi) is 51.3. The Bertz CT molecular complexity index is 970. The number of allylic oxidation sites excluding steroid dienone is 7. The van der Waals surface area contributed by atoms with Gasteiger partial charge in [0.05, 0.1) is 18.8 Å². The molecule has 2 atom stereocenters. The molecule has 0 spiro atoms. The molecule has 0 fully saturated rings. The molecule has 0 rings (SSSR count). The Morgan fingerprint density at radius 2 is 0.672 bits per heavy atom. The first kappa shape index (κ1) is 59.4. The van der Waals surface area contributed by atoms with Gasteiger partial charge in [-0.2, -0.15) is 0 Å². The van der Waals surface area contributed by atoms with Crippen LogP contribution in [0.5, 0.6) is 0 Å². The average molecular weight is 854 g/mol. The van der Waals surface area contributed by atoms with E-state index >= 15 is 0 Å². The standard InChI is InChI=1S/C57H107NO3/c1-3-5-7-9-11-13-15-17-19-21-22-23-24-25-26-27-28-29-30-31-32-33-34-35-36-37-39-41-43-45-47-49-51-53-57(61)58-55(54-59)56(60)52-50-48-46-44-42-40-38-20-18-16-14-12-10-8-6-4-2/h15,17,21-22,24-25,50,52,55-56,59-60H,3-14,16,18-20,23,26-49,51,53-54H2,1-2H3,(H,58,61)/b17-15-,22-21-,25-24-,52-50+. The Balaban J connectivity index is 3.46. The van der Waals surface area contributed by atoms with Crippen LogP contribution in [-0.2, 0) is 4.79 Å². The van der Waals surface area contributed by atoms with Gasteiger partial charge in [-0.3, -0.25) is 4.79 Å². The molecule has 0 saturated carbocycles. The molecule has 2 unspecified atom stereocenters. The minimum atomic E-state index is -0.838. The molecule has 0 radical (unpaired) electrons. The van der Waals surface area contributed by atoms with Crippen LogP contribution in [0.15, 0.2) is 48.6 Å². The van der Waals surface area contributed by atoms with Crippen LogP contribution in [0, 0.1) is 0 Å². The molecule has 0 heterocycles. The summed E-state index contributed by atoms with van der Waals surface area (Å²) in [6.45, 7) is 4.31. The van der Waals surface area contributed by atoms with E-state index in [0.29, 0.717) is 6.42 Å². The SMILES string of the molecule is CCCCCCC/C=C\C/C=C\C/C=C\CCCCCCCCCCCCCCCCCCCCC(=O)NC(CO)C(O)/C=C/CCCCCCCCCCCCCCCC. The summed E-state index contributed by atoms with van der Waals surface area (Å²) in [4.78, 5) is 12.4. The highest BCUT2D eigenvalue weighted by Gasteiger charge is 2.18. The van der Waals surface area contributed by atoms with Crippen LogP contribution in [0.1, 0.15) is 290 Å². The highest BCUT2D eigenvalue weighted by molar-refractivity contribution is 5.76. The number of rotatable bonds is 50. The lowest BCUT2D eigenvalue weighted by molar-refractivity contribution is -0.123. The normalized spacial score (nSPS) is 13.2. The molecule has 61 heavy (non-hydrogen) atoms. The smallest absolute Gasteiger partial charge is 0.220 e. The Morgan fingerprint density at radius 3 is 1.00 bits per heavy atom. The molecule has 358 valence electrons. The van der Waals surface area contributed by atoms with Crippen LogP contribution in [0.3, 0.4) is 0 Å². The lowest BCUT2D eigenvalue weighted by Crippen LogP contribution is -2.45. The summed E-state index contributed by atoms with van der Waals surface area (Å²) in [5, 5.41) is 23.1. The molecule has 0 aromatic carbocycles. The molecule has 0 bridgehead atoms. The minimum Gasteiger partial charge on any atom is -0.394 e. The van der Waals surface area contributed by atoms with Crippen molar-refractivity contribution in [3.05, 3.63) is 48.6 Å². The fourth-order valence-corrected chi connectivity index (χ4v) is 8.36. The van der Waals surface area contributed by atoms with Gasteiger partial charge in [0, 0.05) is 6.42 Å². The van der Waals surface area contributed by atoms with Crippen molar-refractivity contribution >= 4 is 5.91 Å². The van der Waals surface area contributed by atoms with E-state index in [-0.39, 0.29) is 12.5 Å². The van der Waals surface area contributed by atoms with Gasteiger partial charge in [-0.1, -0.05) is 274 Å². The number of aliphatic hydroxyl groups excluding tert-OH is 2. The van der Waals surface area contributed by atoms with E-state index < -0.39 is 12.1 Å². The van der Waals surface area contributed by atoms with Gasteiger partial charge in [0.15, 0.2) is 0 Å². The molecule has 0 aliphatic heterocycles. The zero-order valence-electron chi connectivity index (χ0n) is 41.2. The van der Waals surface area contributed by atoms with E-state index in [0.717, 1.165) is 38.5 Å². The number of unbranched alkanes of at least 4 members (excludes halogenated alkanes) is 37. The number of nitrogens with one attached hydrogen (secondary N) is 1. The van der Waals surface area contributed by atoms with Gasteiger partial charge < -0.3 is 15.5 Å². The van der Waals surface area contributed by atoms with Crippen molar-refractivity contribution in [1.29, 1.82) is 0 Å². The third-order valence-electron chi connectivity index (χ3n) is 12.6. The first-order chi connectivity index (χ1) is 30.2. The monoisotopic (exact) mass is 854 g/mol. The summed E-state index contributed by atoms with van der Waals surface area (Å²) in [7, 11) is 0. The minimum absolute atomic E-state index is 0.0610. The molecule has 4 heteroatoms. The average Bonchev–Trinajstić information content (AvgIpc) is 3.26. The zero-order valence-corrected chi connectivity index (χ0v) is 41.2. The first-order valence-corrected chi connectivity index (χ1v) is 27.4. The van der Waals surface area contributed by atoms with E-state index in [4.69, 9.17) is 0 Å². The third-order valence-corrected chi connectivity index (χ3v) is 12.6. The van der Waals surface area contributed by atoms with Crippen LogP contribution in [0.2, 0.25) is 0 Å². The number of aliphatic hydroxyl groups is 2. The van der Waals surface area contributed by atoms with Crippen molar-refractivity contribution in [2.45, 2.75) is 302 Å². The van der Waals surface area contributed by atoms with Crippen molar-refractivity contribution in [2.24, 2.45) is 0 Å². The first-order valence-electron chi connectivity index (χ1n) is 27.4. The van der Waals surface area contributed by atoms with E-state index in [9.17, 15) is 15.0 Å². The third kappa shape index (κ3) is 49.2. The largest absolute Gasteiger partial charge is 0.394 e. The highest BCUT2D eigenvalue weighted by Crippen LogP contribution is 2.17. The van der Waals surface area contributed by atoms with Crippen molar-refractivity contribution in [3.63, 3.8) is 0 Å². The predicted octanol–water partition coefficient (Wildman–Crippen LogP) is 17.9. The zero-order chi connectivity index (χ0) is 44.2. The van der Waals surface area contributed by atoms with Crippen LogP contribution in [-0.4, -0.2) is 34.9 Å². The Hall–Kier alpha value is -1.65. The van der Waals surface area contributed by atoms with Crippen LogP contribution in [0.4, 0.5) is 0 Å². The van der Waals surface area contributed by atoms with Gasteiger partial charge in [-0.25, -0.2) is 0 Å². The summed E-state index contributed by atoms with van der Waals surface area (Å²) < 4.78 is 0. The molecule has 0 aromatic rings. The van der Waals surface area contributed by atoms with Gasteiger partial charge in [0.25, 0.3) is 0 Å². The maximum Gasteiger partial charge on any atom is 0.220 e. The number of carbonyl (C=O) groups excluding carboxylic acids is 1. The van der Waals surface area contributed by atoms with Crippen molar-refractivity contribution in [2.75, 3.05) is 6.61 Å². The topological polar surface area (TPSA) is 69.6 Å². The van der Waals surface area contributed by atoms with Crippen molar-refractivity contribution in [3.8, 4) is 0 Å². The lowest BCUT2D eigenvalue weighted by Gasteiger charge is -2.20. The Morgan fingerprint density at radius 1 is 0.393 bits per heavy atom. The van der Waals surface area contributed by atoms with Crippen molar-refractivity contribution in [1.82, 2.24) is 5.32 Å². The van der Waals surface area contributed by atoms with Gasteiger partial charge in [0.1, 0.15) is 0 Å². The quantitative estimate of drug-likeness (QED) is 0.0422. The van der Waals surface area contributed by atoms with Gasteiger partial charge in [-0.15, -0.1) is 0 Å². The Labute approximate surface area is 382 Å². The molecule has 0 aliphatic rings. The number of hydrogen-bond acceptors (Lipinski definition) is 3. The maximum absolute atomic E-state index is 12.4. The molecule has 3 N–H and O–H groups in total. The molecular weight excluding hydrogens is 747 g/mol. The summed E-state index contributed by atoms with van der Waals surface area (Å²) in [5.74, 6) is -0.0610. The van der Waals surface area contributed by atoms with Crippen LogP contribution in [0.25, 0.3) is 0 Å². The number of carbonyl (C=O) groups is 1. The predicted molar refractivity (Wildman–Crippen MR) is 271 cm³/mol. The summed E-state index contributed by atoms with van der Waals surface area (Å²) in [6.07, 6.45) is 72.6. The summed E-state index contributed by atoms with van der Waals surface area (Å²) in [6, 6.07) is -0.621. The maximum atomic E-state index is 12.4. The molecule has 1 amide bonds. The van der Waals surface area contributed by atoms with Gasteiger partial charge in [0.2, 0.25) is 5.91 Å². The van der Waals surface area contributed by atoms with Crippen LogP contribution >= 0.6 is 0 Å². The van der Waals surface area contributed by atoms with E-state index in [2.05, 4.69) is 55.6 Å². The van der Waals surface area contributed by atoms with Crippen LogP contribution < -0.4 is 5.32 Å². The molecular formula is C57H107NO3. The number of amides is 1. The number of hydrogen-bond donors (Lipinski definition) is 3. The second-order valence-corrected chi connectivity index (χ2v) is 18.7. The summed E-state index contributed by atoms with van der Waals surface area (Å²) in [5.41, 5.74) is 0. The van der Waals surface area contributed by atoms with E-state index in [1.165, 1.54) is 231 Å². The van der Waals surface area contributed by atoms with Crippen molar-refractivity contribution < 1.29 is 15.0 Å². The highest BCUT2D eigenvalue weighted by atomic mass is 16.3. The second kappa shape index (κ2) is 52.7. The fourth-order valence-electron chi connectivity index (χ4n) is 8.36. The van der Waals surface area contributed by atoms with Gasteiger partial charge >= 0.3 is 0 Å². The second-order valence-electron chi connectivity index (χ2n) is 18.7. The fraction of sp³-hybridized carbons (Fsp3) is 0.842. The lowest BCUT2D eigenvalue weighted by atomic mass is 10.0. The van der Waals surface area contributed by atoms with E-state index in [1.54, 1.807) is 6.08 Å².